The lowest BCUT2D eigenvalue weighted by Crippen LogP contribution is -2.44. The zero-order chi connectivity index (χ0) is 22.9. The van der Waals surface area contributed by atoms with Gasteiger partial charge in [0.1, 0.15) is 10.8 Å². The lowest BCUT2D eigenvalue weighted by atomic mass is 10.1. The van der Waals surface area contributed by atoms with Gasteiger partial charge in [0, 0.05) is 17.1 Å². The van der Waals surface area contributed by atoms with Gasteiger partial charge in [0.2, 0.25) is 0 Å². The predicted octanol–water partition coefficient (Wildman–Crippen LogP) is 4.88. The quantitative estimate of drug-likeness (QED) is 0.459. The van der Waals surface area contributed by atoms with Crippen LogP contribution in [-0.2, 0) is 11.3 Å². The molecule has 8 heteroatoms. The van der Waals surface area contributed by atoms with E-state index >= 15 is 0 Å². The van der Waals surface area contributed by atoms with Gasteiger partial charge in [-0.1, -0.05) is 18.2 Å². The van der Waals surface area contributed by atoms with Crippen LogP contribution in [0, 0.1) is 0 Å². The number of carboxylic acids is 1. The van der Waals surface area contributed by atoms with Crippen LogP contribution in [0.5, 0.6) is 5.75 Å². The maximum Gasteiger partial charge on any atom is 0.335 e. The van der Waals surface area contributed by atoms with Gasteiger partial charge in [0.05, 0.1) is 29.2 Å². The second kappa shape index (κ2) is 8.48. The monoisotopic (exact) mass is 457 g/mol. The molecule has 0 saturated heterocycles. The van der Waals surface area contributed by atoms with E-state index < -0.39 is 12.1 Å². The van der Waals surface area contributed by atoms with Gasteiger partial charge < -0.3 is 14.7 Å². The maximum absolute atomic E-state index is 13.0. The van der Waals surface area contributed by atoms with Crippen molar-refractivity contribution in [3.63, 3.8) is 0 Å². The normalized spacial score (nSPS) is 15.1. The number of hydrogen-bond acceptors (Lipinski definition) is 6. The molecule has 33 heavy (non-hydrogen) atoms. The average Bonchev–Trinajstić information content (AvgIpc) is 3.33. The van der Waals surface area contributed by atoms with Crippen LogP contribution in [-0.4, -0.2) is 33.1 Å². The summed E-state index contributed by atoms with van der Waals surface area (Å²) in [5, 5.41) is 11.9. The van der Waals surface area contributed by atoms with Crippen LogP contribution < -0.4 is 9.64 Å². The molecule has 3 heterocycles. The van der Waals surface area contributed by atoms with Crippen LogP contribution in [0.4, 0.5) is 5.69 Å². The molecule has 164 valence electrons. The SMILES string of the molecule is CC1Oc2ccc(-c3csc(-c4ccccn4)n3)cc2N(Cc2ccc(C(=O)O)cc2)C1=O. The van der Waals surface area contributed by atoms with E-state index in [9.17, 15) is 9.59 Å². The number of carbonyl (C=O) groups is 2. The molecule has 0 spiro atoms. The fourth-order valence-electron chi connectivity index (χ4n) is 3.68. The maximum atomic E-state index is 13.0. The number of rotatable bonds is 5. The summed E-state index contributed by atoms with van der Waals surface area (Å²) in [5.74, 6) is -0.524. The van der Waals surface area contributed by atoms with Crippen LogP contribution in [0.15, 0.2) is 72.2 Å². The second-order valence-electron chi connectivity index (χ2n) is 7.62. The van der Waals surface area contributed by atoms with Crippen molar-refractivity contribution in [1.82, 2.24) is 9.97 Å². The number of hydrogen-bond donors (Lipinski definition) is 1. The smallest absolute Gasteiger partial charge is 0.335 e. The first kappa shape index (κ1) is 20.8. The zero-order valence-electron chi connectivity index (χ0n) is 17.6. The fraction of sp³-hybridized carbons (Fsp3) is 0.120. The van der Waals surface area contributed by atoms with Crippen LogP contribution in [0.25, 0.3) is 22.0 Å². The molecule has 7 nitrogen and oxygen atoms in total. The fourth-order valence-corrected chi connectivity index (χ4v) is 4.48. The summed E-state index contributed by atoms with van der Waals surface area (Å²) in [6.45, 7) is 2.03. The number of pyridine rings is 1. The van der Waals surface area contributed by atoms with E-state index in [2.05, 4.69) is 4.98 Å². The summed E-state index contributed by atoms with van der Waals surface area (Å²) < 4.78 is 5.83. The van der Waals surface area contributed by atoms with Crippen LogP contribution in [0.3, 0.4) is 0 Å². The Balaban J connectivity index is 1.48. The number of ether oxygens (including phenoxy) is 1. The lowest BCUT2D eigenvalue weighted by molar-refractivity contribution is -0.125. The van der Waals surface area contributed by atoms with Crippen molar-refractivity contribution in [3.05, 3.63) is 83.4 Å². The van der Waals surface area contributed by atoms with Crippen molar-refractivity contribution in [3.8, 4) is 27.7 Å². The van der Waals surface area contributed by atoms with Gasteiger partial charge in [-0.25, -0.2) is 9.78 Å². The Morgan fingerprint density at radius 3 is 2.67 bits per heavy atom. The molecular weight excluding hydrogens is 438 g/mol. The van der Waals surface area contributed by atoms with E-state index in [0.29, 0.717) is 18.0 Å². The Morgan fingerprint density at radius 2 is 1.94 bits per heavy atom. The number of fused-ring (bicyclic) bond motifs is 1. The number of anilines is 1. The Kier molecular flexibility index (Phi) is 5.35. The van der Waals surface area contributed by atoms with Crippen molar-refractivity contribution < 1.29 is 19.4 Å². The average molecular weight is 458 g/mol. The number of carbonyl (C=O) groups excluding carboxylic acids is 1. The second-order valence-corrected chi connectivity index (χ2v) is 8.48. The van der Waals surface area contributed by atoms with Crippen LogP contribution >= 0.6 is 11.3 Å². The summed E-state index contributed by atoms with van der Waals surface area (Å²) >= 11 is 1.51. The molecule has 0 radical (unpaired) electrons. The molecule has 1 aliphatic rings. The van der Waals surface area contributed by atoms with E-state index in [0.717, 1.165) is 27.5 Å². The first-order chi connectivity index (χ1) is 16.0. The van der Waals surface area contributed by atoms with Gasteiger partial charge in [0.15, 0.2) is 6.10 Å². The number of thiazole rings is 1. The van der Waals surface area contributed by atoms with E-state index in [1.807, 2.05) is 41.8 Å². The minimum Gasteiger partial charge on any atom is -0.479 e. The van der Waals surface area contributed by atoms with Crippen molar-refractivity contribution in [1.29, 1.82) is 0 Å². The molecule has 2 aromatic heterocycles. The predicted molar refractivity (Wildman–Crippen MR) is 125 cm³/mol. The lowest BCUT2D eigenvalue weighted by Gasteiger charge is -2.33. The highest BCUT2D eigenvalue weighted by Gasteiger charge is 2.32. The number of aromatic nitrogens is 2. The molecular formula is C25H19N3O4S. The summed E-state index contributed by atoms with van der Waals surface area (Å²) in [7, 11) is 0. The largest absolute Gasteiger partial charge is 0.479 e. The summed E-state index contributed by atoms with van der Waals surface area (Å²) in [6, 6.07) is 17.9. The minimum atomic E-state index is -0.985. The summed E-state index contributed by atoms with van der Waals surface area (Å²) in [5.41, 5.74) is 4.15. The van der Waals surface area contributed by atoms with Gasteiger partial charge in [-0.15, -0.1) is 11.3 Å². The van der Waals surface area contributed by atoms with Crippen LogP contribution in [0.1, 0.15) is 22.8 Å². The number of carboxylic acid groups (broad SMARTS) is 1. The summed E-state index contributed by atoms with van der Waals surface area (Å²) in [6.07, 6.45) is 1.12. The van der Waals surface area contributed by atoms with Gasteiger partial charge in [-0.05, 0) is 55.0 Å². The zero-order valence-corrected chi connectivity index (χ0v) is 18.5. The minimum absolute atomic E-state index is 0.158. The molecule has 0 bridgehead atoms. The van der Waals surface area contributed by atoms with Gasteiger partial charge >= 0.3 is 5.97 Å². The van der Waals surface area contributed by atoms with E-state index in [1.165, 1.54) is 23.5 Å². The van der Waals surface area contributed by atoms with E-state index in [4.69, 9.17) is 14.8 Å². The van der Waals surface area contributed by atoms with Crippen LogP contribution in [0.2, 0.25) is 0 Å². The molecule has 1 unspecified atom stereocenters. The first-order valence-electron chi connectivity index (χ1n) is 10.3. The van der Waals surface area contributed by atoms with E-state index in [1.54, 1.807) is 30.2 Å². The third-order valence-corrected chi connectivity index (χ3v) is 6.26. The highest BCUT2D eigenvalue weighted by Crippen LogP contribution is 2.39. The molecule has 1 atom stereocenters. The van der Waals surface area contributed by atoms with Gasteiger partial charge in [-0.3, -0.25) is 9.78 Å². The van der Waals surface area contributed by atoms with Crippen molar-refractivity contribution >= 4 is 28.9 Å². The van der Waals surface area contributed by atoms with E-state index in [-0.39, 0.29) is 11.5 Å². The Hall–Kier alpha value is -4.04. The van der Waals surface area contributed by atoms with Crippen molar-refractivity contribution in [2.45, 2.75) is 19.6 Å². The summed E-state index contributed by atoms with van der Waals surface area (Å²) in [4.78, 5) is 34.9. The Bertz CT molecular complexity index is 1340. The molecule has 0 fully saturated rings. The Morgan fingerprint density at radius 1 is 1.12 bits per heavy atom. The molecule has 1 N–H and O–H groups in total. The molecule has 2 aromatic carbocycles. The Labute approximate surface area is 193 Å². The van der Waals surface area contributed by atoms with Gasteiger partial charge in [-0.2, -0.15) is 0 Å². The topological polar surface area (TPSA) is 92.6 Å². The molecule has 1 amide bonds. The number of amides is 1. The molecule has 0 saturated carbocycles. The third-order valence-electron chi connectivity index (χ3n) is 5.39. The molecule has 4 aromatic rings. The number of aromatic carboxylic acids is 1. The molecule has 1 aliphatic heterocycles. The third kappa shape index (κ3) is 4.08. The standard InChI is InChI=1S/C25H19N3O4S/c1-15-24(29)28(13-16-5-7-17(8-6-16)25(30)31)21-12-18(9-10-22(21)32-15)20-14-33-23(27-20)19-4-2-3-11-26-19/h2-12,14-15H,13H2,1H3,(H,30,31). The molecule has 5 rings (SSSR count). The highest BCUT2D eigenvalue weighted by atomic mass is 32.1. The molecule has 0 aliphatic carbocycles. The van der Waals surface area contributed by atoms with Crippen molar-refractivity contribution in [2.24, 2.45) is 0 Å². The number of benzene rings is 2. The van der Waals surface area contributed by atoms with Gasteiger partial charge in [0.25, 0.3) is 5.91 Å². The number of nitrogens with zero attached hydrogens (tertiary/aromatic N) is 3. The first-order valence-corrected chi connectivity index (χ1v) is 11.2. The highest BCUT2D eigenvalue weighted by molar-refractivity contribution is 7.13. The van der Waals surface area contributed by atoms with Crippen molar-refractivity contribution in [2.75, 3.05) is 4.90 Å².